The fourth-order valence-electron chi connectivity index (χ4n) is 4.32. The first-order valence-electron chi connectivity index (χ1n) is 11.7. The van der Waals surface area contributed by atoms with Gasteiger partial charge in [0.15, 0.2) is 0 Å². The molecule has 3 aromatic rings. The molecule has 35 heavy (non-hydrogen) atoms. The smallest absolute Gasteiger partial charge is 0.316 e. The van der Waals surface area contributed by atoms with E-state index in [9.17, 15) is 4.79 Å². The van der Waals surface area contributed by atoms with Crippen LogP contribution in [0.3, 0.4) is 0 Å². The Bertz CT molecular complexity index is 1270. The van der Waals surface area contributed by atoms with Gasteiger partial charge in [-0.15, -0.1) is 0 Å². The zero-order chi connectivity index (χ0) is 24.4. The van der Waals surface area contributed by atoms with Gasteiger partial charge in [0.2, 0.25) is 0 Å². The Kier molecular flexibility index (Phi) is 6.33. The molecule has 0 bridgehead atoms. The highest BCUT2D eigenvalue weighted by Crippen LogP contribution is 2.32. The standard InChI is InChI=1S/C26H27N6O3/c1-4-34-26-28-13-19(14-29-26)21-12-18-7-8-27-25(33)23(18)24(31-21)30-20-5-6-22(16(2)11-20)32-9-10-35-17(3)15-32/h5-8,11-14,17H,4,9-10,15H2,1-3H3,(H,30,31)/t17-/m0/s1. The molecule has 2 aliphatic heterocycles. The van der Waals surface area contributed by atoms with Crippen LogP contribution in [-0.2, 0) is 4.74 Å². The SMILES string of the molecule is CCOc1ncc(-c2cc3c(c(Nc4ccc(N5CCO[C@@H](C)C5)c(C)c4)n2)C(=O)[N]C=C3)cn1. The van der Waals surface area contributed by atoms with E-state index >= 15 is 0 Å². The van der Waals surface area contributed by atoms with Gasteiger partial charge in [0, 0.05) is 48.6 Å². The fraction of sp³-hybridized carbons (Fsp3) is 0.308. The molecule has 0 aliphatic carbocycles. The number of carbonyl (C=O) groups excluding carboxylic acids is 1. The van der Waals surface area contributed by atoms with E-state index in [1.165, 1.54) is 11.9 Å². The van der Waals surface area contributed by atoms with E-state index in [1.54, 1.807) is 18.5 Å². The molecule has 179 valence electrons. The maximum Gasteiger partial charge on any atom is 0.316 e. The first kappa shape index (κ1) is 22.8. The molecule has 0 unspecified atom stereocenters. The molecule has 1 saturated heterocycles. The van der Waals surface area contributed by atoms with Crippen LogP contribution in [0.15, 0.2) is 42.9 Å². The number of benzene rings is 1. The minimum Gasteiger partial charge on any atom is -0.464 e. The molecule has 9 nitrogen and oxygen atoms in total. The first-order valence-corrected chi connectivity index (χ1v) is 11.7. The molecule has 1 radical (unpaired) electrons. The van der Waals surface area contributed by atoms with Gasteiger partial charge < -0.3 is 19.7 Å². The number of morpholine rings is 1. The van der Waals surface area contributed by atoms with Crippen molar-refractivity contribution in [2.45, 2.75) is 26.9 Å². The summed E-state index contributed by atoms with van der Waals surface area (Å²) < 4.78 is 11.0. The van der Waals surface area contributed by atoms with Gasteiger partial charge in [-0.2, -0.15) is 0 Å². The van der Waals surface area contributed by atoms with Gasteiger partial charge in [-0.25, -0.2) is 20.3 Å². The third-order valence-corrected chi connectivity index (χ3v) is 5.95. The molecule has 2 aromatic heterocycles. The second-order valence-electron chi connectivity index (χ2n) is 8.51. The molecule has 1 atom stereocenters. The van der Waals surface area contributed by atoms with Crippen molar-refractivity contribution in [2.75, 3.05) is 36.5 Å². The van der Waals surface area contributed by atoms with Crippen molar-refractivity contribution >= 4 is 29.2 Å². The third-order valence-electron chi connectivity index (χ3n) is 5.95. The van der Waals surface area contributed by atoms with Crippen molar-refractivity contribution in [3.05, 3.63) is 59.5 Å². The van der Waals surface area contributed by atoms with Crippen molar-refractivity contribution < 1.29 is 14.3 Å². The van der Waals surface area contributed by atoms with Crippen LogP contribution < -0.4 is 20.3 Å². The highest BCUT2D eigenvalue weighted by molar-refractivity contribution is 6.05. The van der Waals surface area contributed by atoms with Crippen molar-refractivity contribution in [2.24, 2.45) is 0 Å². The van der Waals surface area contributed by atoms with E-state index < -0.39 is 0 Å². The van der Waals surface area contributed by atoms with Gasteiger partial charge in [-0.05, 0) is 62.2 Å². The number of pyridine rings is 1. The Balaban J connectivity index is 1.48. The third kappa shape index (κ3) is 4.81. The van der Waals surface area contributed by atoms with E-state index in [-0.39, 0.29) is 12.0 Å². The van der Waals surface area contributed by atoms with E-state index in [2.05, 4.69) is 51.5 Å². The molecule has 9 heteroatoms. The van der Waals surface area contributed by atoms with Gasteiger partial charge in [0.05, 0.1) is 30.6 Å². The average molecular weight is 472 g/mol. The minimum atomic E-state index is -0.331. The Labute approximate surface area is 204 Å². The van der Waals surface area contributed by atoms with Crippen LogP contribution in [0, 0.1) is 6.92 Å². The van der Waals surface area contributed by atoms with Crippen LogP contribution in [0.5, 0.6) is 6.01 Å². The number of nitrogens with one attached hydrogen (secondary N) is 1. The quantitative estimate of drug-likeness (QED) is 0.577. The van der Waals surface area contributed by atoms with Crippen LogP contribution in [0.2, 0.25) is 0 Å². The molecular formula is C26H27N6O3. The maximum atomic E-state index is 12.7. The zero-order valence-corrected chi connectivity index (χ0v) is 20.0. The molecule has 4 heterocycles. The van der Waals surface area contributed by atoms with Crippen molar-refractivity contribution in [1.82, 2.24) is 20.3 Å². The molecular weight excluding hydrogens is 444 g/mol. The fourth-order valence-corrected chi connectivity index (χ4v) is 4.32. The molecule has 1 fully saturated rings. The van der Waals surface area contributed by atoms with Crippen molar-refractivity contribution in [3.63, 3.8) is 0 Å². The summed E-state index contributed by atoms with van der Waals surface area (Å²) in [5.41, 5.74) is 5.68. The number of rotatable bonds is 6. The molecule has 5 rings (SSSR count). The number of carbonyl (C=O) groups is 1. The Morgan fingerprint density at radius 3 is 2.80 bits per heavy atom. The van der Waals surface area contributed by atoms with E-state index in [4.69, 9.17) is 14.5 Å². The molecule has 2 aliphatic rings. The monoisotopic (exact) mass is 471 g/mol. The van der Waals surface area contributed by atoms with Crippen molar-refractivity contribution in [3.8, 4) is 17.3 Å². The van der Waals surface area contributed by atoms with Gasteiger partial charge in [-0.3, -0.25) is 4.79 Å². The lowest BCUT2D eigenvalue weighted by atomic mass is 10.0. The molecule has 1 N–H and O–H groups in total. The largest absolute Gasteiger partial charge is 0.464 e. The summed E-state index contributed by atoms with van der Waals surface area (Å²) in [5.74, 6) is 0.110. The van der Waals surface area contributed by atoms with E-state index in [0.717, 1.165) is 42.1 Å². The summed E-state index contributed by atoms with van der Waals surface area (Å²) in [6.07, 6.45) is 6.84. The summed E-state index contributed by atoms with van der Waals surface area (Å²) in [6.45, 7) is 8.98. The van der Waals surface area contributed by atoms with Crippen LogP contribution >= 0.6 is 0 Å². The molecule has 0 saturated carbocycles. The summed E-state index contributed by atoms with van der Waals surface area (Å²) >= 11 is 0. The number of hydrogen-bond acceptors (Lipinski definition) is 8. The number of amides is 1. The number of anilines is 3. The van der Waals surface area contributed by atoms with Crippen LogP contribution in [0.25, 0.3) is 17.3 Å². The summed E-state index contributed by atoms with van der Waals surface area (Å²) in [7, 11) is 0. The normalized spacial score (nSPS) is 17.1. The van der Waals surface area contributed by atoms with Crippen LogP contribution in [0.4, 0.5) is 17.2 Å². The number of fused-ring (bicyclic) bond motifs is 1. The highest BCUT2D eigenvalue weighted by Gasteiger charge is 2.23. The second kappa shape index (κ2) is 9.71. The minimum absolute atomic E-state index is 0.203. The maximum absolute atomic E-state index is 12.7. The number of aromatic nitrogens is 3. The highest BCUT2D eigenvalue weighted by atomic mass is 16.5. The lowest BCUT2D eigenvalue weighted by Gasteiger charge is -2.34. The Morgan fingerprint density at radius 2 is 2.06 bits per heavy atom. The Hall–Kier alpha value is -3.98. The summed E-state index contributed by atoms with van der Waals surface area (Å²) in [5, 5.41) is 7.30. The molecule has 0 spiro atoms. The van der Waals surface area contributed by atoms with Gasteiger partial charge >= 0.3 is 6.01 Å². The van der Waals surface area contributed by atoms with E-state index in [0.29, 0.717) is 29.7 Å². The zero-order valence-electron chi connectivity index (χ0n) is 20.0. The number of aryl methyl sites for hydroxylation is 1. The molecule has 1 amide bonds. The van der Waals surface area contributed by atoms with Crippen LogP contribution in [0.1, 0.15) is 35.3 Å². The number of hydrogen-bond donors (Lipinski definition) is 1. The Morgan fingerprint density at radius 1 is 1.23 bits per heavy atom. The van der Waals surface area contributed by atoms with Gasteiger partial charge in [0.25, 0.3) is 5.91 Å². The van der Waals surface area contributed by atoms with E-state index in [1.807, 2.05) is 19.1 Å². The van der Waals surface area contributed by atoms with Crippen molar-refractivity contribution in [1.29, 1.82) is 0 Å². The summed E-state index contributed by atoms with van der Waals surface area (Å²) in [6, 6.07) is 8.32. The number of ether oxygens (including phenoxy) is 2. The van der Waals surface area contributed by atoms with Gasteiger partial charge in [-0.1, -0.05) is 0 Å². The second-order valence-corrected chi connectivity index (χ2v) is 8.51. The summed E-state index contributed by atoms with van der Waals surface area (Å²) in [4.78, 5) is 28.2. The first-order chi connectivity index (χ1) is 17.0. The molecule has 1 aromatic carbocycles. The topological polar surface area (TPSA) is 104 Å². The number of nitrogens with zero attached hydrogens (tertiary/aromatic N) is 5. The lowest BCUT2D eigenvalue weighted by Crippen LogP contribution is -2.41. The predicted octanol–water partition coefficient (Wildman–Crippen LogP) is 3.94. The lowest BCUT2D eigenvalue weighted by molar-refractivity contribution is 0.0532. The van der Waals surface area contributed by atoms with Gasteiger partial charge in [0.1, 0.15) is 5.82 Å². The van der Waals surface area contributed by atoms with Crippen LogP contribution in [-0.4, -0.2) is 53.3 Å². The average Bonchev–Trinajstić information content (AvgIpc) is 2.85. The predicted molar refractivity (Wildman–Crippen MR) is 134 cm³/mol.